The lowest BCUT2D eigenvalue weighted by atomic mass is 10.2. The fourth-order valence-corrected chi connectivity index (χ4v) is 6.00. The van der Waals surface area contributed by atoms with E-state index in [4.69, 9.17) is 27.9 Å². The molecule has 1 amide bonds. The van der Waals surface area contributed by atoms with Gasteiger partial charge in [-0.05, 0) is 35.2 Å². The number of nitrogens with zero attached hydrogens (tertiary/aromatic N) is 2. The summed E-state index contributed by atoms with van der Waals surface area (Å²) in [7, 11) is -2.63. The number of rotatable bonds is 11. The number of sulfonamides is 1. The summed E-state index contributed by atoms with van der Waals surface area (Å²) in [4.78, 5) is 15.9. The smallest absolute Gasteiger partial charge is 0.245 e. The van der Waals surface area contributed by atoms with Crippen LogP contribution in [0, 0.1) is 0 Å². The van der Waals surface area contributed by atoms with E-state index in [0.717, 1.165) is 14.7 Å². The van der Waals surface area contributed by atoms with E-state index in [1.165, 1.54) is 25.3 Å². The quantitative estimate of drug-likeness (QED) is 0.355. The molecule has 0 radical (unpaired) electrons. The van der Waals surface area contributed by atoms with Crippen molar-refractivity contribution < 1.29 is 17.9 Å². The Labute approximate surface area is 208 Å². The zero-order chi connectivity index (χ0) is 23.8. The Balaban J connectivity index is 1.88. The Morgan fingerprint density at radius 2 is 1.79 bits per heavy atom. The van der Waals surface area contributed by atoms with Crippen LogP contribution in [0.4, 0.5) is 0 Å². The average molecular weight is 527 g/mol. The molecule has 6 nitrogen and oxygen atoms in total. The van der Waals surface area contributed by atoms with Crippen LogP contribution in [0.3, 0.4) is 0 Å². The van der Waals surface area contributed by atoms with E-state index >= 15 is 0 Å². The van der Waals surface area contributed by atoms with Gasteiger partial charge < -0.3 is 9.64 Å². The molecule has 0 saturated heterocycles. The van der Waals surface area contributed by atoms with Gasteiger partial charge in [-0.1, -0.05) is 59.6 Å². The van der Waals surface area contributed by atoms with Crippen molar-refractivity contribution in [2.24, 2.45) is 0 Å². The second-order valence-electron chi connectivity index (χ2n) is 7.22. The van der Waals surface area contributed by atoms with Crippen molar-refractivity contribution in [2.45, 2.75) is 18.0 Å². The van der Waals surface area contributed by atoms with Crippen LogP contribution in [0.5, 0.6) is 0 Å². The lowest BCUT2D eigenvalue weighted by Gasteiger charge is -2.27. The third kappa shape index (κ3) is 7.02. The number of hydrogen-bond acceptors (Lipinski definition) is 5. The van der Waals surface area contributed by atoms with Crippen LogP contribution in [0.2, 0.25) is 10.0 Å². The van der Waals surface area contributed by atoms with E-state index in [-0.39, 0.29) is 40.5 Å². The molecule has 0 N–H and O–H groups in total. The zero-order valence-electron chi connectivity index (χ0n) is 18.0. The second kappa shape index (κ2) is 12.0. The monoisotopic (exact) mass is 526 g/mol. The maximum Gasteiger partial charge on any atom is 0.245 e. The van der Waals surface area contributed by atoms with E-state index in [0.29, 0.717) is 13.1 Å². The van der Waals surface area contributed by atoms with Crippen molar-refractivity contribution in [3.63, 3.8) is 0 Å². The number of thiophene rings is 1. The normalized spacial score (nSPS) is 11.6. The highest BCUT2D eigenvalue weighted by Crippen LogP contribution is 2.28. The molecule has 0 fully saturated rings. The molecule has 33 heavy (non-hydrogen) atoms. The summed E-state index contributed by atoms with van der Waals surface area (Å²) in [5, 5.41) is 2.21. The predicted molar refractivity (Wildman–Crippen MR) is 132 cm³/mol. The molecule has 1 aromatic heterocycles. The molecule has 0 aliphatic carbocycles. The first-order valence-electron chi connectivity index (χ1n) is 10.1. The highest BCUT2D eigenvalue weighted by atomic mass is 35.5. The number of amides is 1. The van der Waals surface area contributed by atoms with Crippen molar-refractivity contribution >= 4 is 50.5 Å². The molecule has 0 atom stereocenters. The Morgan fingerprint density at radius 3 is 2.45 bits per heavy atom. The summed E-state index contributed by atoms with van der Waals surface area (Å²) in [5.41, 5.74) is 0.951. The second-order valence-corrected chi connectivity index (χ2v) is 11.0. The fourth-order valence-electron chi connectivity index (χ4n) is 3.17. The van der Waals surface area contributed by atoms with E-state index in [2.05, 4.69) is 0 Å². The molecule has 0 saturated carbocycles. The van der Waals surface area contributed by atoms with Gasteiger partial charge in [0.25, 0.3) is 0 Å². The van der Waals surface area contributed by atoms with Crippen LogP contribution in [0.1, 0.15) is 10.4 Å². The largest absolute Gasteiger partial charge is 0.383 e. The van der Waals surface area contributed by atoms with Crippen LogP contribution < -0.4 is 0 Å². The van der Waals surface area contributed by atoms with Crippen molar-refractivity contribution in [3.05, 3.63) is 86.5 Å². The molecule has 0 unspecified atom stereocenters. The minimum Gasteiger partial charge on any atom is -0.383 e. The van der Waals surface area contributed by atoms with Crippen molar-refractivity contribution in [2.75, 3.05) is 26.8 Å². The number of methoxy groups -OCH3 is 1. The Bertz CT molecular complexity index is 1160. The molecule has 10 heteroatoms. The number of carbonyl (C=O) groups is 1. The van der Waals surface area contributed by atoms with Crippen molar-refractivity contribution in [3.8, 4) is 0 Å². The molecular formula is C23H24Cl2N2O4S2. The van der Waals surface area contributed by atoms with Crippen LogP contribution in [-0.2, 0) is 32.6 Å². The zero-order valence-corrected chi connectivity index (χ0v) is 21.1. The van der Waals surface area contributed by atoms with Crippen LogP contribution in [-0.4, -0.2) is 50.3 Å². The summed E-state index contributed by atoms with van der Waals surface area (Å²) in [6.07, 6.45) is 0. The Morgan fingerprint density at radius 1 is 1.03 bits per heavy atom. The first kappa shape index (κ1) is 25.7. The van der Waals surface area contributed by atoms with E-state index in [1.807, 2.05) is 47.8 Å². The summed E-state index contributed by atoms with van der Waals surface area (Å²) in [6, 6.07) is 17.7. The minimum absolute atomic E-state index is 0.00834. The van der Waals surface area contributed by atoms with Gasteiger partial charge in [0, 0.05) is 30.1 Å². The van der Waals surface area contributed by atoms with Gasteiger partial charge in [0.1, 0.15) is 4.90 Å². The molecule has 1 heterocycles. The maximum absolute atomic E-state index is 13.4. The number of halogens is 2. The van der Waals surface area contributed by atoms with Crippen LogP contribution in [0.25, 0.3) is 0 Å². The first-order valence-corrected chi connectivity index (χ1v) is 13.2. The number of hydrogen-bond donors (Lipinski definition) is 0. The van der Waals surface area contributed by atoms with Gasteiger partial charge in [-0.2, -0.15) is 4.31 Å². The molecule has 0 aliphatic heterocycles. The maximum atomic E-state index is 13.4. The molecule has 0 bridgehead atoms. The SMILES string of the molecule is COCCN(CC(=O)N(Cc1ccccc1)Cc1cccs1)S(=O)(=O)c1cc(Cl)ccc1Cl. The molecular weight excluding hydrogens is 503 g/mol. The fraction of sp³-hybridized carbons (Fsp3) is 0.261. The molecule has 176 valence electrons. The summed E-state index contributed by atoms with van der Waals surface area (Å²) in [6.45, 7) is 0.488. The summed E-state index contributed by atoms with van der Waals surface area (Å²) in [5.74, 6) is -0.329. The third-order valence-electron chi connectivity index (χ3n) is 4.86. The summed E-state index contributed by atoms with van der Waals surface area (Å²) >= 11 is 13.7. The van der Waals surface area contributed by atoms with Gasteiger partial charge in [-0.15, -0.1) is 11.3 Å². The van der Waals surface area contributed by atoms with Gasteiger partial charge in [0.05, 0.1) is 24.7 Å². The molecule has 3 rings (SSSR count). The van der Waals surface area contributed by atoms with Crippen molar-refractivity contribution in [1.82, 2.24) is 9.21 Å². The molecule has 0 spiro atoms. The molecule has 3 aromatic rings. The van der Waals surface area contributed by atoms with Gasteiger partial charge in [0.15, 0.2) is 0 Å². The lowest BCUT2D eigenvalue weighted by molar-refractivity contribution is -0.132. The van der Waals surface area contributed by atoms with E-state index < -0.39 is 10.0 Å². The number of ether oxygens (including phenoxy) is 1. The Kier molecular flexibility index (Phi) is 9.31. The number of benzene rings is 2. The standard InChI is InChI=1S/C23H24Cl2N2O4S2/c1-31-12-11-27(33(29,30)22-14-19(24)9-10-21(22)25)17-23(28)26(16-20-8-5-13-32-20)15-18-6-3-2-4-7-18/h2-10,13-14H,11-12,15-17H2,1H3. The van der Waals surface area contributed by atoms with Gasteiger partial charge in [0.2, 0.25) is 15.9 Å². The molecule has 0 aliphatic rings. The first-order chi connectivity index (χ1) is 15.8. The summed E-state index contributed by atoms with van der Waals surface area (Å²) < 4.78 is 33.0. The highest BCUT2D eigenvalue weighted by molar-refractivity contribution is 7.89. The van der Waals surface area contributed by atoms with Gasteiger partial charge in [-0.3, -0.25) is 4.79 Å². The predicted octanol–water partition coefficient (Wildman–Crippen LogP) is 4.92. The van der Waals surface area contributed by atoms with E-state index in [9.17, 15) is 13.2 Å². The molecule has 2 aromatic carbocycles. The van der Waals surface area contributed by atoms with Crippen LogP contribution >= 0.6 is 34.5 Å². The van der Waals surface area contributed by atoms with Gasteiger partial charge >= 0.3 is 0 Å². The average Bonchev–Trinajstić information content (AvgIpc) is 3.31. The minimum atomic E-state index is -4.10. The van der Waals surface area contributed by atoms with Crippen LogP contribution in [0.15, 0.2) is 70.9 Å². The Hall–Kier alpha value is -1.94. The van der Waals surface area contributed by atoms with E-state index in [1.54, 1.807) is 16.2 Å². The highest BCUT2D eigenvalue weighted by Gasteiger charge is 2.30. The van der Waals surface area contributed by atoms with Gasteiger partial charge in [-0.25, -0.2) is 8.42 Å². The van der Waals surface area contributed by atoms with Crippen molar-refractivity contribution in [1.29, 1.82) is 0 Å². The number of carbonyl (C=O) groups excluding carboxylic acids is 1. The topological polar surface area (TPSA) is 66.9 Å². The lowest BCUT2D eigenvalue weighted by Crippen LogP contribution is -2.43. The third-order valence-corrected chi connectivity index (χ3v) is 8.29.